The molecule has 0 atom stereocenters. The van der Waals surface area contributed by atoms with Crippen LogP contribution in [0.1, 0.15) is 37.7 Å². The predicted octanol–water partition coefficient (Wildman–Crippen LogP) is 2.58. The molecule has 1 aliphatic rings. The number of hydrogen-bond donors (Lipinski definition) is 1. The average molecular weight is 340 g/mol. The van der Waals surface area contributed by atoms with E-state index in [0.717, 1.165) is 19.4 Å². The summed E-state index contributed by atoms with van der Waals surface area (Å²) in [6.07, 6.45) is 7.52. The van der Waals surface area contributed by atoms with Crippen LogP contribution in [0.5, 0.6) is 5.88 Å². The second-order valence-corrected chi connectivity index (χ2v) is 6.15. The quantitative estimate of drug-likeness (QED) is 0.555. The molecule has 1 fully saturated rings. The van der Waals surface area contributed by atoms with Gasteiger partial charge in [0.1, 0.15) is 5.88 Å². The van der Waals surface area contributed by atoms with Crippen LogP contribution < -0.4 is 10.1 Å². The van der Waals surface area contributed by atoms with Gasteiger partial charge in [-0.1, -0.05) is 6.42 Å². The molecule has 0 radical (unpaired) electrons. The van der Waals surface area contributed by atoms with Crippen LogP contribution in [0, 0.1) is 0 Å². The summed E-state index contributed by atoms with van der Waals surface area (Å²) in [5.41, 5.74) is 1.26. The van der Waals surface area contributed by atoms with Gasteiger partial charge in [0, 0.05) is 25.4 Å². The fourth-order valence-electron chi connectivity index (χ4n) is 2.68. The molecule has 0 saturated carbocycles. The summed E-state index contributed by atoms with van der Waals surface area (Å²) in [5.74, 6) is 0.577. The first kappa shape index (κ1) is 18.0. The molecule has 6 heteroatoms. The van der Waals surface area contributed by atoms with E-state index in [1.54, 1.807) is 0 Å². The van der Waals surface area contributed by atoms with Gasteiger partial charge in [-0.15, -0.1) is 11.6 Å². The number of amides is 1. The Morgan fingerprint density at radius 1 is 1.30 bits per heavy atom. The Morgan fingerprint density at radius 3 is 2.91 bits per heavy atom. The normalized spacial score (nSPS) is 15.3. The molecule has 23 heavy (non-hydrogen) atoms. The SMILES string of the molecule is O=C(CCl)NCCCCOc1cc(CN2CCCCC2)ccn1. The van der Waals surface area contributed by atoms with Gasteiger partial charge in [0.25, 0.3) is 0 Å². The highest BCUT2D eigenvalue weighted by Gasteiger charge is 2.10. The van der Waals surface area contributed by atoms with Gasteiger partial charge in [-0.3, -0.25) is 9.69 Å². The number of nitrogens with zero attached hydrogens (tertiary/aromatic N) is 2. The summed E-state index contributed by atoms with van der Waals surface area (Å²) < 4.78 is 5.70. The highest BCUT2D eigenvalue weighted by Crippen LogP contribution is 2.15. The number of pyridine rings is 1. The van der Waals surface area contributed by atoms with Crippen molar-refractivity contribution < 1.29 is 9.53 Å². The fourth-order valence-corrected chi connectivity index (χ4v) is 2.78. The molecule has 0 bridgehead atoms. The third-order valence-electron chi connectivity index (χ3n) is 3.92. The number of halogens is 1. The highest BCUT2D eigenvalue weighted by atomic mass is 35.5. The largest absolute Gasteiger partial charge is 0.478 e. The van der Waals surface area contributed by atoms with Gasteiger partial charge in [-0.05, 0) is 50.4 Å². The summed E-state index contributed by atoms with van der Waals surface area (Å²) in [6.45, 7) is 4.59. The zero-order valence-electron chi connectivity index (χ0n) is 13.6. The molecule has 0 aromatic carbocycles. The van der Waals surface area contributed by atoms with Crippen LogP contribution in [0.4, 0.5) is 0 Å². The summed E-state index contributed by atoms with van der Waals surface area (Å²) in [4.78, 5) is 17.7. The van der Waals surface area contributed by atoms with Gasteiger partial charge >= 0.3 is 0 Å². The molecule has 0 spiro atoms. The van der Waals surface area contributed by atoms with Gasteiger partial charge in [0.15, 0.2) is 0 Å². The monoisotopic (exact) mass is 339 g/mol. The zero-order chi connectivity index (χ0) is 16.3. The van der Waals surface area contributed by atoms with Gasteiger partial charge in [0.2, 0.25) is 11.8 Å². The van der Waals surface area contributed by atoms with Gasteiger partial charge in [-0.25, -0.2) is 4.98 Å². The molecule has 1 amide bonds. The lowest BCUT2D eigenvalue weighted by Gasteiger charge is -2.26. The molecule has 2 rings (SSSR count). The summed E-state index contributed by atoms with van der Waals surface area (Å²) in [7, 11) is 0. The molecular weight excluding hydrogens is 314 g/mol. The van der Waals surface area contributed by atoms with E-state index in [1.807, 2.05) is 12.3 Å². The molecule has 1 N–H and O–H groups in total. The standard InChI is InChI=1S/C17H26ClN3O2/c18-13-16(22)19-7-2-5-11-23-17-12-15(6-8-20-17)14-21-9-3-1-4-10-21/h6,8,12H,1-5,7,9-11,13-14H2,(H,19,22). The lowest BCUT2D eigenvalue weighted by molar-refractivity contribution is -0.118. The predicted molar refractivity (Wildman–Crippen MR) is 91.8 cm³/mol. The van der Waals surface area contributed by atoms with E-state index in [-0.39, 0.29) is 11.8 Å². The molecule has 0 unspecified atom stereocenters. The number of piperidine rings is 1. The molecule has 128 valence electrons. The van der Waals surface area contributed by atoms with E-state index >= 15 is 0 Å². The van der Waals surface area contributed by atoms with Crippen molar-refractivity contribution in [2.75, 3.05) is 32.1 Å². The van der Waals surface area contributed by atoms with Crippen LogP contribution in [-0.4, -0.2) is 47.9 Å². The second kappa shape index (κ2) is 10.4. The molecule has 5 nitrogen and oxygen atoms in total. The average Bonchev–Trinajstić information content (AvgIpc) is 2.59. The minimum atomic E-state index is -0.125. The molecule has 1 aromatic heterocycles. The van der Waals surface area contributed by atoms with E-state index in [4.69, 9.17) is 16.3 Å². The lowest BCUT2D eigenvalue weighted by Crippen LogP contribution is -2.29. The number of carbonyl (C=O) groups excluding carboxylic acids is 1. The number of likely N-dealkylation sites (tertiary alicyclic amines) is 1. The minimum absolute atomic E-state index is 0.0181. The van der Waals surface area contributed by atoms with Crippen molar-refractivity contribution in [3.63, 3.8) is 0 Å². The second-order valence-electron chi connectivity index (χ2n) is 5.88. The fraction of sp³-hybridized carbons (Fsp3) is 0.647. The Morgan fingerprint density at radius 2 is 2.13 bits per heavy atom. The van der Waals surface area contributed by atoms with Crippen molar-refractivity contribution in [1.29, 1.82) is 0 Å². The van der Waals surface area contributed by atoms with Crippen molar-refractivity contribution >= 4 is 17.5 Å². The zero-order valence-corrected chi connectivity index (χ0v) is 14.4. The number of rotatable bonds is 9. The van der Waals surface area contributed by atoms with Crippen LogP contribution in [0.15, 0.2) is 18.3 Å². The van der Waals surface area contributed by atoms with Crippen LogP contribution in [0.2, 0.25) is 0 Å². The van der Waals surface area contributed by atoms with Crippen molar-refractivity contribution in [3.05, 3.63) is 23.9 Å². The summed E-state index contributed by atoms with van der Waals surface area (Å²) in [6, 6.07) is 4.09. The number of unbranched alkanes of at least 4 members (excludes halogenated alkanes) is 1. The first-order valence-corrected chi connectivity index (χ1v) is 8.94. The number of hydrogen-bond acceptors (Lipinski definition) is 4. The Bertz CT molecular complexity index is 479. The smallest absolute Gasteiger partial charge is 0.234 e. The Hall–Kier alpha value is -1.33. The molecule has 2 heterocycles. The van der Waals surface area contributed by atoms with Crippen LogP contribution in [-0.2, 0) is 11.3 Å². The number of ether oxygens (including phenoxy) is 1. The maximum atomic E-state index is 11.0. The van der Waals surface area contributed by atoms with E-state index in [2.05, 4.69) is 21.3 Å². The van der Waals surface area contributed by atoms with E-state index in [9.17, 15) is 4.79 Å². The summed E-state index contributed by atoms with van der Waals surface area (Å²) >= 11 is 5.41. The highest BCUT2D eigenvalue weighted by molar-refractivity contribution is 6.27. The number of carbonyl (C=O) groups is 1. The van der Waals surface area contributed by atoms with E-state index in [1.165, 1.54) is 37.9 Å². The maximum Gasteiger partial charge on any atom is 0.234 e. The number of aromatic nitrogens is 1. The lowest BCUT2D eigenvalue weighted by atomic mass is 10.1. The van der Waals surface area contributed by atoms with Crippen LogP contribution in [0.3, 0.4) is 0 Å². The Kier molecular flexibility index (Phi) is 8.18. The van der Waals surface area contributed by atoms with Crippen LogP contribution in [0.25, 0.3) is 0 Å². The minimum Gasteiger partial charge on any atom is -0.478 e. The van der Waals surface area contributed by atoms with Crippen molar-refractivity contribution in [3.8, 4) is 5.88 Å². The van der Waals surface area contributed by atoms with Gasteiger partial charge in [0.05, 0.1) is 6.61 Å². The number of alkyl halides is 1. The van der Waals surface area contributed by atoms with E-state index < -0.39 is 0 Å². The maximum absolute atomic E-state index is 11.0. The molecule has 1 saturated heterocycles. The van der Waals surface area contributed by atoms with Crippen molar-refractivity contribution in [2.45, 2.75) is 38.6 Å². The third-order valence-corrected chi connectivity index (χ3v) is 4.16. The van der Waals surface area contributed by atoms with Crippen LogP contribution >= 0.6 is 11.6 Å². The molecule has 1 aromatic rings. The topological polar surface area (TPSA) is 54.5 Å². The van der Waals surface area contributed by atoms with Crippen molar-refractivity contribution in [1.82, 2.24) is 15.2 Å². The molecule has 0 aliphatic carbocycles. The Balaban J connectivity index is 1.65. The van der Waals surface area contributed by atoms with E-state index in [0.29, 0.717) is 19.0 Å². The third kappa shape index (κ3) is 7.18. The molecule has 1 aliphatic heterocycles. The Labute approximate surface area is 143 Å². The number of nitrogens with one attached hydrogen (secondary N) is 1. The summed E-state index contributed by atoms with van der Waals surface area (Å²) in [5, 5.41) is 2.74. The van der Waals surface area contributed by atoms with Gasteiger partial charge in [-0.2, -0.15) is 0 Å². The van der Waals surface area contributed by atoms with Gasteiger partial charge < -0.3 is 10.1 Å². The van der Waals surface area contributed by atoms with Crippen molar-refractivity contribution in [2.24, 2.45) is 0 Å². The molecular formula is C17H26ClN3O2. The first-order chi connectivity index (χ1) is 11.3. The first-order valence-electron chi connectivity index (χ1n) is 8.40.